The van der Waals surface area contributed by atoms with Crippen LogP contribution in [0.15, 0.2) is 24.3 Å². The van der Waals surface area contributed by atoms with Gasteiger partial charge in [0.15, 0.2) is 11.5 Å². The van der Waals surface area contributed by atoms with E-state index in [2.05, 4.69) is 6.92 Å². The molecule has 2 heterocycles. The molecule has 1 amide bonds. The summed E-state index contributed by atoms with van der Waals surface area (Å²) < 4.78 is 11.1. The lowest BCUT2D eigenvalue weighted by Gasteiger charge is -2.34. The fourth-order valence-corrected chi connectivity index (χ4v) is 3.14. The second-order valence-corrected chi connectivity index (χ2v) is 5.83. The van der Waals surface area contributed by atoms with Gasteiger partial charge in [-0.25, -0.2) is 0 Å². The van der Waals surface area contributed by atoms with E-state index in [0.717, 1.165) is 42.9 Å². The summed E-state index contributed by atoms with van der Waals surface area (Å²) in [5.74, 6) is 1.64. The minimum Gasteiger partial charge on any atom is -0.486 e. The first-order valence-corrected chi connectivity index (χ1v) is 8.16. The van der Waals surface area contributed by atoms with E-state index < -0.39 is 0 Å². The third-order valence-corrected chi connectivity index (χ3v) is 4.37. The predicted molar refractivity (Wildman–Crippen MR) is 86.1 cm³/mol. The topological polar surface area (TPSA) is 38.8 Å². The Morgan fingerprint density at radius 3 is 2.91 bits per heavy atom. The second-order valence-electron chi connectivity index (χ2n) is 5.83. The third-order valence-electron chi connectivity index (χ3n) is 4.37. The van der Waals surface area contributed by atoms with Gasteiger partial charge in [-0.05, 0) is 49.5 Å². The molecule has 118 valence electrons. The smallest absolute Gasteiger partial charge is 0.246 e. The Morgan fingerprint density at radius 2 is 2.09 bits per heavy atom. The van der Waals surface area contributed by atoms with Gasteiger partial charge < -0.3 is 14.4 Å². The van der Waals surface area contributed by atoms with Crippen molar-refractivity contribution < 1.29 is 14.3 Å². The molecular formula is C18H23NO3. The molecule has 1 saturated heterocycles. The van der Waals surface area contributed by atoms with Gasteiger partial charge in [0, 0.05) is 18.7 Å². The van der Waals surface area contributed by atoms with E-state index in [4.69, 9.17) is 9.47 Å². The van der Waals surface area contributed by atoms with Crippen molar-refractivity contribution in [2.24, 2.45) is 0 Å². The molecule has 4 nitrogen and oxygen atoms in total. The Kier molecular flexibility index (Phi) is 4.66. The fraction of sp³-hybridized carbons (Fsp3) is 0.500. The molecular weight excluding hydrogens is 278 g/mol. The van der Waals surface area contributed by atoms with E-state index in [9.17, 15) is 4.79 Å². The number of hydrogen-bond acceptors (Lipinski definition) is 3. The van der Waals surface area contributed by atoms with Crippen molar-refractivity contribution >= 4 is 12.0 Å². The first kappa shape index (κ1) is 14.9. The zero-order valence-corrected chi connectivity index (χ0v) is 13.1. The van der Waals surface area contributed by atoms with Crippen molar-refractivity contribution in [3.8, 4) is 11.5 Å². The van der Waals surface area contributed by atoms with Crippen LogP contribution in [0.3, 0.4) is 0 Å². The van der Waals surface area contributed by atoms with E-state index in [1.54, 1.807) is 6.08 Å². The van der Waals surface area contributed by atoms with E-state index >= 15 is 0 Å². The number of piperidine rings is 1. The van der Waals surface area contributed by atoms with E-state index in [-0.39, 0.29) is 5.91 Å². The summed E-state index contributed by atoms with van der Waals surface area (Å²) in [5.41, 5.74) is 0.961. The van der Waals surface area contributed by atoms with Crippen molar-refractivity contribution in [3.63, 3.8) is 0 Å². The number of carbonyl (C=O) groups excluding carboxylic acids is 1. The van der Waals surface area contributed by atoms with Gasteiger partial charge >= 0.3 is 0 Å². The molecule has 1 fully saturated rings. The van der Waals surface area contributed by atoms with E-state index in [0.29, 0.717) is 19.3 Å². The number of benzene rings is 1. The maximum Gasteiger partial charge on any atom is 0.246 e. The van der Waals surface area contributed by atoms with Gasteiger partial charge in [0.1, 0.15) is 13.2 Å². The lowest BCUT2D eigenvalue weighted by Crippen LogP contribution is -2.42. The molecule has 0 radical (unpaired) electrons. The van der Waals surface area contributed by atoms with Gasteiger partial charge in [0.05, 0.1) is 0 Å². The SMILES string of the molecule is CCC1CCCCN1C(=O)C=Cc1ccc2c(c1)OCCO2. The molecule has 0 aromatic heterocycles. The highest BCUT2D eigenvalue weighted by Crippen LogP contribution is 2.31. The van der Waals surface area contributed by atoms with Crippen LogP contribution in [-0.2, 0) is 4.79 Å². The van der Waals surface area contributed by atoms with Crippen LogP contribution in [0.5, 0.6) is 11.5 Å². The summed E-state index contributed by atoms with van der Waals surface area (Å²) in [7, 11) is 0. The number of fused-ring (bicyclic) bond motifs is 1. The number of hydrogen-bond donors (Lipinski definition) is 0. The highest BCUT2D eigenvalue weighted by molar-refractivity contribution is 5.92. The van der Waals surface area contributed by atoms with Crippen molar-refractivity contribution in [3.05, 3.63) is 29.8 Å². The maximum absolute atomic E-state index is 12.4. The number of ether oxygens (including phenoxy) is 2. The van der Waals surface area contributed by atoms with Crippen LogP contribution < -0.4 is 9.47 Å². The molecule has 2 aliphatic rings. The molecule has 1 aromatic rings. The van der Waals surface area contributed by atoms with E-state index in [1.807, 2.05) is 29.2 Å². The highest BCUT2D eigenvalue weighted by Gasteiger charge is 2.23. The standard InChI is InChI=1S/C18H23NO3/c1-2-15-5-3-4-10-19(15)18(20)9-7-14-6-8-16-17(13-14)22-12-11-21-16/h6-9,13,15H,2-5,10-12H2,1H3. The zero-order valence-electron chi connectivity index (χ0n) is 13.1. The first-order chi connectivity index (χ1) is 10.8. The van der Waals surface area contributed by atoms with Crippen LogP contribution in [0.1, 0.15) is 38.2 Å². The number of rotatable bonds is 3. The van der Waals surface area contributed by atoms with Crippen LogP contribution >= 0.6 is 0 Å². The van der Waals surface area contributed by atoms with Crippen molar-refractivity contribution in [2.75, 3.05) is 19.8 Å². The molecule has 4 heteroatoms. The molecule has 0 aliphatic carbocycles. The Bertz CT molecular complexity index is 567. The van der Waals surface area contributed by atoms with E-state index in [1.165, 1.54) is 6.42 Å². The average Bonchev–Trinajstić information content (AvgIpc) is 2.59. The third kappa shape index (κ3) is 3.26. The monoisotopic (exact) mass is 301 g/mol. The predicted octanol–water partition coefficient (Wildman–Crippen LogP) is 3.26. The van der Waals surface area contributed by atoms with Crippen molar-refractivity contribution in [2.45, 2.75) is 38.6 Å². The molecule has 22 heavy (non-hydrogen) atoms. The van der Waals surface area contributed by atoms with Crippen LogP contribution in [0.4, 0.5) is 0 Å². The van der Waals surface area contributed by atoms with Crippen LogP contribution in [0.25, 0.3) is 6.08 Å². The molecule has 0 spiro atoms. The Morgan fingerprint density at radius 1 is 1.27 bits per heavy atom. The fourth-order valence-electron chi connectivity index (χ4n) is 3.14. The normalized spacial score (nSPS) is 21.1. The van der Waals surface area contributed by atoms with Gasteiger partial charge in [0.25, 0.3) is 0 Å². The largest absolute Gasteiger partial charge is 0.486 e. The lowest BCUT2D eigenvalue weighted by atomic mass is 10.00. The van der Waals surface area contributed by atoms with Gasteiger partial charge in [-0.1, -0.05) is 13.0 Å². The van der Waals surface area contributed by atoms with Gasteiger partial charge in [-0.2, -0.15) is 0 Å². The molecule has 0 N–H and O–H groups in total. The van der Waals surface area contributed by atoms with Crippen molar-refractivity contribution in [1.82, 2.24) is 4.90 Å². The summed E-state index contributed by atoms with van der Waals surface area (Å²) in [5, 5.41) is 0. The summed E-state index contributed by atoms with van der Waals surface area (Å²) >= 11 is 0. The van der Waals surface area contributed by atoms with Crippen LogP contribution in [0, 0.1) is 0 Å². The maximum atomic E-state index is 12.4. The molecule has 1 atom stereocenters. The van der Waals surface area contributed by atoms with Gasteiger partial charge in [-0.3, -0.25) is 4.79 Å². The molecule has 2 aliphatic heterocycles. The zero-order chi connectivity index (χ0) is 15.4. The molecule has 1 unspecified atom stereocenters. The van der Waals surface area contributed by atoms with Crippen molar-refractivity contribution in [1.29, 1.82) is 0 Å². The summed E-state index contributed by atoms with van der Waals surface area (Å²) in [4.78, 5) is 14.4. The molecule has 3 rings (SSSR count). The lowest BCUT2D eigenvalue weighted by molar-refractivity contribution is -0.129. The summed E-state index contributed by atoms with van der Waals surface area (Å²) in [6.07, 6.45) is 8.04. The Labute approximate surface area is 131 Å². The molecule has 1 aromatic carbocycles. The molecule has 0 saturated carbocycles. The first-order valence-electron chi connectivity index (χ1n) is 8.16. The summed E-state index contributed by atoms with van der Waals surface area (Å²) in [6, 6.07) is 6.16. The highest BCUT2D eigenvalue weighted by atomic mass is 16.6. The average molecular weight is 301 g/mol. The number of likely N-dealkylation sites (tertiary alicyclic amines) is 1. The second kappa shape index (κ2) is 6.86. The number of carbonyl (C=O) groups is 1. The van der Waals surface area contributed by atoms with Gasteiger partial charge in [-0.15, -0.1) is 0 Å². The number of amides is 1. The van der Waals surface area contributed by atoms with Gasteiger partial charge in [0.2, 0.25) is 5.91 Å². The minimum absolute atomic E-state index is 0.112. The van der Waals surface area contributed by atoms with Crippen LogP contribution in [-0.4, -0.2) is 36.6 Å². The minimum atomic E-state index is 0.112. The number of nitrogens with zero attached hydrogens (tertiary/aromatic N) is 1. The van der Waals surface area contributed by atoms with Crippen LogP contribution in [0.2, 0.25) is 0 Å². The Balaban J connectivity index is 1.69. The molecule has 0 bridgehead atoms. The summed E-state index contributed by atoms with van der Waals surface area (Å²) in [6.45, 7) is 4.20. The quantitative estimate of drug-likeness (QED) is 0.804. The Hall–Kier alpha value is -1.97.